The lowest BCUT2D eigenvalue weighted by molar-refractivity contribution is -0.114. The Labute approximate surface area is 162 Å². The Morgan fingerprint density at radius 1 is 0.821 bits per heavy atom. The van der Waals surface area contributed by atoms with E-state index < -0.39 is 5.82 Å². The van der Waals surface area contributed by atoms with Crippen LogP contribution in [0, 0.1) is 5.82 Å². The zero-order valence-corrected chi connectivity index (χ0v) is 15.1. The van der Waals surface area contributed by atoms with Crippen LogP contribution in [0.1, 0.15) is 15.9 Å². The number of anilines is 2. The summed E-state index contributed by atoms with van der Waals surface area (Å²) in [7, 11) is 0. The van der Waals surface area contributed by atoms with Crippen molar-refractivity contribution in [3.05, 3.63) is 95.8 Å². The van der Waals surface area contributed by atoms with Gasteiger partial charge in [0.15, 0.2) is 0 Å². The molecule has 0 saturated heterocycles. The third-order valence-corrected chi connectivity index (χ3v) is 4.04. The number of hydrogen-bond donors (Lipinski definition) is 3. The van der Waals surface area contributed by atoms with Crippen LogP contribution in [0.15, 0.2) is 78.9 Å². The Hall–Kier alpha value is -3.67. The molecule has 0 spiro atoms. The van der Waals surface area contributed by atoms with Gasteiger partial charge in [-0.1, -0.05) is 42.5 Å². The maximum absolute atomic E-state index is 13.5. The molecule has 0 fully saturated rings. The Kier molecular flexibility index (Phi) is 6.36. The molecule has 0 saturated carbocycles. The highest BCUT2D eigenvalue weighted by Gasteiger charge is 2.08. The van der Waals surface area contributed by atoms with E-state index in [1.54, 1.807) is 42.5 Å². The molecular formula is C22H20FN3O2. The largest absolute Gasteiger partial charge is 0.374 e. The Bertz CT molecular complexity index is 944. The number of hydrogen-bond acceptors (Lipinski definition) is 3. The minimum Gasteiger partial charge on any atom is -0.374 e. The van der Waals surface area contributed by atoms with E-state index in [2.05, 4.69) is 16.0 Å². The van der Waals surface area contributed by atoms with E-state index in [1.807, 2.05) is 30.3 Å². The molecule has 0 aliphatic carbocycles. The summed E-state index contributed by atoms with van der Waals surface area (Å²) in [5.74, 6) is -0.923. The fraction of sp³-hybridized carbons (Fsp3) is 0.0909. The standard InChI is InChI=1S/C22H20FN3O2/c23-19-8-4-5-9-20(19)24-15-21(27)26-18-12-10-17(11-13-18)22(28)25-14-16-6-2-1-3-7-16/h1-13,24H,14-15H2,(H,25,28)(H,26,27). The number of nitrogens with one attached hydrogen (secondary N) is 3. The number of para-hydroxylation sites is 1. The first-order valence-corrected chi connectivity index (χ1v) is 8.82. The van der Waals surface area contributed by atoms with Crippen molar-refractivity contribution in [1.82, 2.24) is 5.32 Å². The number of halogens is 1. The number of rotatable bonds is 7. The van der Waals surface area contributed by atoms with Gasteiger partial charge in [0.05, 0.1) is 12.2 Å². The SMILES string of the molecule is O=C(CNc1ccccc1F)Nc1ccc(C(=O)NCc2ccccc2)cc1. The lowest BCUT2D eigenvalue weighted by atomic mass is 10.1. The van der Waals surface area contributed by atoms with E-state index in [1.165, 1.54) is 6.07 Å². The predicted octanol–water partition coefficient (Wildman–Crippen LogP) is 3.81. The van der Waals surface area contributed by atoms with Crippen LogP contribution in [-0.2, 0) is 11.3 Å². The minimum atomic E-state index is -0.416. The second kappa shape index (κ2) is 9.32. The molecule has 6 heteroatoms. The Morgan fingerprint density at radius 2 is 1.50 bits per heavy atom. The van der Waals surface area contributed by atoms with Crippen molar-refractivity contribution in [1.29, 1.82) is 0 Å². The monoisotopic (exact) mass is 377 g/mol. The molecule has 0 radical (unpaired) electrons. The Balaban J connectivity index is 1.49. The highest BCUT2D eigenvalue weighted by molar-refractivity contribution is 5.96. The lowest BCUT2D eigenvalue weighted by Crippen LogP contribution is -2.23. The molecule has 3 rings (SSSR count). The molecule has 2 amide bonds. The van der Waals surface area contributed by atoms with Gasteiger partial charge in [0.2, 0.25) is 5.91 Å². The van der Waals surface area contributed by atoms with Crippen molar-refractivity contribution in [3.63, 3.8) is 0 Å². The highest BCUT2D eigenvalue weighted by Crippen LogP contribution is 2.13. The van der Waals surface area contributed by atoms with Gasteiger partial charge < -0.3 is 16.0 Å². The van der Waals surface area contributed by atoms with Crippen LogP contribution < -0.4 is 16.0 Å². The van der Waals surface area contributed by atoms with E-state index >= 15 is 0 Å². The van der Waals surface area contributed by atoms with E-state index in [9.17, 15) is 14.0 Å². The molecule has 0 aromatic heterocycles. The smallest absolute Gasteiger partial charge is 0.251 e. The van der Waals surface area contributed by atoms with Gasteiger partial charge in [0.25, 0.3) is 5.91 Å². The highest BCUT2D eigenvalue weighted by atomic mass is 19.1. The molecule has 0 bridgehead atoms. The molecule has 142 valence electrons. The number of carbonyl (C=O) groups excluding carboxylic acids is 2. The molecule has 3 aromatic carbocycles. The average Bonchev–Trinajstić information content (AvgIpc) is 2.73. The first-order valence-electron chi connectivity index (χ1n) is 8.82. The predicted molar refractivity (Wildman–Crippen MR) is 108 cm³/mol. The molecular weight excluding hydrogens is 357 g/mol. The first kappa shape index (κ1) is 19.1. The zero-order chi connectivity index (χ0) is 19.8. The third-order valence-electron chi connectivity index (χ3n) is 4.04. The van der Waals surface area contributed by atoms with Crippen LogP contribution >= 0.6 is 0 Å². The molecule has 5 nitrogen and oxygen atoms in total. The van der Waals surface area contributed by atoms with Crippen LogP contribution in [0.25, 0.3) is 0 Å². The summed E-state index contributed by atoms with van der Waals surface area (Å²) in [4.78, 5) is 24.2. The molecule has 3 aromatic rings. The summed E-state index contributed by atoms with van der Waals surface area (Å²) in [6, 6.07) is 22.4. The zero-order valence-electron chi connectivity index (χ0n) is 15.1. The fourth-order valence-electron chi connectivity index (χ4n) is 2.57. The summed E-state index contributed by atoms with van der Waals surface area (Å²) >= 11 is 0. The van der Waals surface area contributed by atoms with Crippen molar-refractivity contribution in [3.8, 4) is 0 Å². The van der Waals surface area contributed by atoms with E-state index in [0.29, 0.717) is 17.8 Å². The fourth-order valence-corrected chi connectivity index (χ4v) is 2.57. The molecule has 0 unspecified atom stereocenters. The molecule has 28 heavy (non-hydrogen) atoms. The van der Waals surface area contributed by atoms with Gasteiger partial charge in [-0.25, -0.2) is 4.39 Å². The quantitative estimate of drug-likeness (QED) is 0.586. The van der Waals surface area contributed by atoms with Crippen LogP contribution in [-0.4, -0.2) is 18.4 Å². The Morgan fingerprint density at radius 3 is 2.21 bits per heavy atom. The lowest BCUT2D eigenvalue weighted by Gasteiger charge is -2.09. The van der Waals surface area contributed by atoms with Crippen molar-refractivity contribution in [2.45, 2.75) is 6.54 Å². The molecule has 0 aliphatic heterocycles. The van der Waals surface area contributed by atoms with Crippen LogP contribution in [0.3, 0.4) is 0 Å². The number of amides is 2. The average molecular weight is 377 g/mol. The summed E-state index contributed by atoms with van der Waals surface area (Å²) in [6.45, 7) is 0.375. The molecule has 3 N–H and O–H groups in total. The maximum Gasteiger partial charge on any atom is 0.251 e. The maximum atomic E-state index is 13.5. The topological polar surface area (TPSA) is 70.2 Å². The van der Waals surface area contributed by atoms with Gasteiger partial charge in [-0.05, 0) is 42.0 Å². The first-order chi connectivity index (χ1) is 13.6. The van der Waals surface area contributed by atoms with Gasteiger partial charge in [-0.15, -0.1) is 0 Å². The van der Waals surface area contributed by atoms with Crippen molar-refractivity contribution in [2.75, 3.05) is 17.2 Å². The second-order valence-electron chi connectivity index (χ2n) is 6.13. The summed E-state index contributed by atoms with van der Waals surface area (Å²) in [5, 5.41) is 8.29. The number of benzene rings is 3. The third kappa shape index (κ3) is 5.41. The van der Waals surface area contributed by atoms with E-state index in [0.717, 1.165) is 5.56 Å². The minimum absolute atomic E-state index is 0.0692. The normalized spacial score (nSPS) is 10.2. The molecule has 0 aliphatic rings. The van der Waals surface area contributed by atoms with Crippen LogP contribution in [0.5, 0.6) is 0 Å². The van der Waals surface area contributed by atoms with E-state index in [4.69, 9.17) is 0 Å². The molecule has 0 heterocycles. The van der Waals surface area contributed by atoms with Crippen LogP contribution in [0.2, 0.25) is 0 Å². The van der Waals surface area contributed by atoms with E-state index in [-0.39, 0.29) is 24.0 Å². The summed E-state index contributed by atoms with van der Waals surface area (Å²) in [5.41, 5.74) is 2.34. The summed E-state index contributed by atoms with van der Waals surface area (Å²) < 4.78 is 13.5. The molecule has 0 atom stereocenters. The van der Waals surface area contributed by atoms with Crippen molar-refractivity contribution < 1.29 is 14.0 Å². The van der Waals surface area contributed by atoms with Gasteiger partial charge in [-0.2, -0.15) is 0 Å². The van der Waals surface area contributed by atoms with Crippen molar-refractivity contribution in [2.24, 2.45) is 0 Å². The second-order valence-corrected chi connectivity index (χ2v) is 6.13. The van der Waals surface area contributed by atoms with Gasteiger partial charge in [0.1, 0.15) is 5.82 Å². The van der Waals surface area contributed by atoms with Crippen LogP contribution in [0.4, 0.5) is 15.8 Å². The van der Waals surface area contributed by atoms with Gasteiger partial charge in [-0.3, -0.25) is 9.59 Å². The number of carbonyl (C=O) groups is 2. The van der Waals surface area contributed by atoms with Crippen molar-refractivity contribution >= 4 is 23.2 Å². The van der Waals surface area contributed by atoms with Gasteiger partial charge in [0, 0.05) is 17.8 Å². The summed E-state index contributed by atoms with van der Waals surface area (Å²) in [6.07, 6.45) is 0. The van der Waals surface area contributed by atoms with Gasteiger partial charge >= 0.3 is 0 Å².